The van der Waals surface area contributed by atoms with Crippen LogP contribution in [0.15, 0.2) is 46.9 Å². The van der Waals surface area contributed by atoms with Gasteiger partial charge < -0.3 is 14.6 Å². The zero-order chi connectivity index (χ0) is 19.4. The van der Waals surface area contributed by atoms with Crippen molar-refractivity contribution >= 4 is 23.2 Å². The topological polar surface area (TPSA) is 72.5 Å². The van der Waals surface area contributed by atoms with Crippen molar-refractivity contribution < 1.29 is 14.1 Å². The third-order valence-electron chi connectivity index (χ3n) is 4.22. The van der Waals surface area contributed by atoms with Gasteiger partial charge in [0.25, 0.3) is 11.8 Å². The highest BCUT2D eigenvalue weighted by Gasteiger charge is 2.16. The van der Waals surface area contributed by atoms with Crippen molar-refractivity contribution in [1.82, 2.24) is 10.2 Å². The Morgan fingerprint density at radius 3 is 2.44 bits per heavy atom. The molecule has 2 aromatic carbocycles. The number of aryl methyl sites for hydroxylation is 2. The van der Waals surface area contributed by atoms with Crippen LogP contribution in [0.1, 0.15) is 17.0 Å². The summed E-state index contributed by atoms with van der Waals surface area (Å²) in [6.07, 6.45) is 0. The number of rotatable bonds is 6. The molecule has 6 nitrogen and oxygen atoms in total. The third-order valence-corrected chi connectivity index (χ3v) is 4.47. The van der Waals surface area contributed by atoms with Crippen LogP contribution < -0.4 is 10.2 Å². The lowest BCUT2D eigenvalue weighted by molar-refractivity contribution is -0.886. The van der Waals surface area contributed by atoms with Crippen LogP contribution in [-0.2, 0) is 11.3 Å². The average Bonchev–Trinajstić information content (AvgIpc) is 3.07. The molecule has 1 atom stereocenters. The van der Waals surface area contributed by atoms with E-state index in [0.29, 0.717) is 29.9 Å². The Kier molecular flexibility index (Phi) is 5.88. The van der Waals surface area contributed by atoms with Gasteiger partial charge in [0.15, 0.2) is 13.1 Å². The minimum Gasteiger partial charge on any atom is -0.415 e. The molecule has 1 unspecified atom stereocenters. The Morgan fingerprint density at radius 1 is 1.11 bits per heavy atom. The van der Waals surface area contributed by atoms with Crippen molar-refractivity contribution in [3.63, 3.8) is 0 Å². The SMILES string of the molecule is Cc1cccc(C)c1NC(=O)C[NH+](C)Cc1nnc(-c2ccc(Cl)cc2)o1. The van der Waals surface area contributed by atoms with Crippen molar-refractivity contribution in [2.45, 2.75) is 20.4 Å². The number of hydrogen-bond donors (Lipinski definition) is 2. The summed E-state index contributed by atoms with van der Waals surface area (Å²) in [6, 6.07) is 13.1. The highest BCUT2D eigenvalue weighted by Crippen LogP contribution is 2.20. The van der Waals surface area contributed by atoms with E-state index in [1.807, 2.05) is 51.2 Å². The molecule has 0 bridgehead atoms. The molecule has 0 spiro atoms. The Hall–Kier alpha value is -2.70. The number of carbonyl (C=O) groups excluding carboxylic acids is 1. The van der Waals surface area contributed by atoms with Crippen LogP contribution in [-0.4, -0.2) is 29.7 Å². The quantitative estimate of drug-likeness (QED) is 0.684. The van der Waals surface area contributed by atoms with Gasteiger partial charge >= 0.3 is 0 Å². The Morgan fingerprint density at radius 2 is 1.78 bits per heavy atom. The number of halogens is 1. The number of likely N-dealkylation sites (N-methyl/N-ethyl adjacent to an activating group) is 1. The Bertz CT molecular complexity index is 917. The summed E-state index contributed by atoms with van der Waals surface area (Å²) in [7, 11) is 1.91. The van der Waals surface area contributed by atoms with E-state index in [-0.39, 0.29) is 5.91 Å². The third kappa shape index (κ3) is 4.93. The van der Waals surface area contributed by atoms with E-state index in [0.717, 1.165) is 27.3 Å². The predicted octanol–water partition coefficient (Wildman–Crippen LogP) is 2.66. The van der Waals surface area contributed by atoms with E-state index < -0.39 is 0 Å². The lowest BCUT2D eigenvalue weighted by Gasteiger charge is -2.14. The lowest BCUT2D eigenvalue weighted by atomic mass is 10.1. The fourth-order valence-electron chi connectivity index (χ4n) is 2.82. The molecule has 0 radical (unpaired) electrons. The van der Waals surface area contributed by atoms with E-state index in [1.54, 1.807) is 12.1 Å². The van der Waals surface area contributed by atoms with Gasteiger partial charge in [0, 0.05) is 16.3 Å². The van der Waals surface area contributed by atoms with Gasteiger partial charge in [-0.05, 0) is 49.2 Å². The van der Waals surface area contributed by atoms with Gasteiger partial charge in [0.05, 0.1) is 7.05 Å². The number of anilines is 1. The van der Waals surface area contributed by atoms with Gasteiger partial charge in [-0.25, -0.2) is 0 Å². The number of hydrogen-bond acceptors (Lipinski definition) is 4. The molecule has 27 heavy (non-hydrogen) atoms. The maximum absolute atomic E-state index is 12.4. The van der Waals surface area contributed by atoms with Crippen molar-refractivity contribution in [2.75, 3.05) is 18.9 Å². The molecule has 2 N–H and O–H groups in total. The summed E-state index contributed by atoms with van der Waals surface area (Å²) in [4.78, 5) is 13.3. The Balaban J connectivity index is 1.58. The number of para-hydroxylation sites is 1. The number of nitrogens with one attached hydrogen (secondary N) is 2. The normalized spacial score (nSPS) is 12.0. The van der Waals surface area contributed by atoms with Gasteiger partial charge in [0.1, 0.15) is 0 Å². The molecule has 0 saturated heterocycles. The predicted molar refractivity (Wildman–Crippen MR) is 105 cm³/mol. The molecule has 0 aliphatic rings. The first-order chi connectivity index (χ1) is 12.9. The maximum atomic E-state index is 12.4. The van der Waals surface area contributed by atoms with Gasteiger partial charge in [-0.1, -0.05) is 29.8 Å². The van der Waals surface area contributed by atoms with Crippen LogP contribution in [0.25, 0.3) is 11.5 Å². The molecule has 0 fully saturated rings. The van der Waals surface area contributed by atoms with Crippen LogP contribution in [0, 0.1) is 13.8 Å². The molecular weight excluding hydrogens is 364 g/mol. The van der Waals surface area contributed by atoms with Crippen LogP contribution >= 0.6 is 11.6 Å². The first kappa shape index (κ1) is 19.1. The van der Waals surface area contributed by atoms with Gasteiger partial charge in [-0.15, -0.1) is 10.2 Å². The molecule has 0 saturated carbocycles. The van der Waals surface area contributed by atoms with Crippen LogP contribution in [0.2, 0.25) is 5.02 Å². The average molecular weight is 386 g/mol. The number of nitrogens with zero attached hydrogens (tertiary/aromatic N) is 2. The van der Waals surface area contributed by atoms with Crippen molar-refractivity contribution in [1.29, 1.82) is 0 Å². The maximum Gasteiger partial charge on any atom is 0.279 e. The van der Waals surface area contributed by atoms with E-state index in [4.69, 9.17) is 16.0 Å². The molecule has 140 valence electrons. The number of carbonyl (C=O) groups is 1. The fraction of sp³-hybridized carbons (Fsp3) is 0.250. The van der Waals surface area contributed by atoms with Crippen LogP contribution in [0.5, 0.6) is 0 Å². The molecule has 3 rings (SSSR count). The summed E-state index contributed by atoms with van der Waals surface area (Å²) >= 11 is 5.89. The summed E-state index contributed by atoms with van der Waals surface area (Å²) in [6.45, 7) is 4.72. The second-order valence-electron chi connectivity index (χ2n) is 6.63. The van der Waals surface area contributed by atoms with Crippen LogP contribution in [0.4, 0.5) is 5.69 Å². The standard InChI is InChI=1S/C20H21ClN4O2/c1-13-5-4-6-14(2)19(13)22-17(26)11-25(3)12-18-23-24-20(27-18)15-7-9-16(21)10-8-15/h4-10H,11-12H2,1-3H3,(H,22,26)/p+1. The van der Waals surface area contributed by atoms with E-state index >= 15 is 0 Å². The number of benzene rings is 2. The van der Waals surface area contributed by atoms with E-state index in [1.165, 1.54) is 0 Å². The molecule has 7 heteroatoms. The zero-order valence-corrected chi connectivity index (χ0v) is 16.3. The summed E-state index contributed by atoms with van der Waals surface area (Å²) in [5, 5.41) is 11.8. The smallest absolute Gasteiger partial charge is 0.279 e. The van der Waals surface area contributed by atoms with E-state index in [9.17, 15) is 4.79 Å². The summed E-state index contributed by atoms with van der Waals surface area (Å²) in [5.74, 6) is 0.870. The molecular formula is C20H22ClN4O2+. The highest BCUT2D eigenvalue weighted by atomic mass is 35.5. The van der Waals surface area contributed by atoms with E-state index in [2.05, 4.69) is 15.5 Å². The first-order valence-electron chi connectivity index (χ1n) is 8.68. The second kappa shape index (κ2) is 8.33. The van der Waals surface area contributed by atoms with Gasteiger partial charge in [-0.2, -0.15) is 0 Å². The van der Waals surface area contributed by atoms with Crippen molar-refractivity contribution in [2.24, 2.45) is 0 Å². The van der Waals surface area contributed by atoms with Crippen molar-refractivity contribution in [3.8, 4) is 11.5 Å². The monoisotopic (exact) mass is 385 g/mol. The van der Waals surface area contributed by atoms with Crippen LogP contribution in [0.3, 0.4) is 0 Å². The lowest BCUT2D eigenvalue weighted by Crippen LogP contribution is -3.08. The number of amides is 1. The largest absolute Gasteiger partial charge is 0.415 e. The highest BCUT2D eigenvalue weighted by molar-refractivity contribution is 6.30. The molecule has 3 aromatic rings. The fourth-order valence-corrected chi connectivity index (χ4v) is 2.95. The molecule has 1 heterocycles. The van der Waals surface area contributed by atoms with Gasteiger partial charge in [-0.3, -0.25) is 4.79 Å². The molecule has 0 aliphatic heterocycles. The summed E-state index contributed by atoms with van der Waals surface area (Å²) < 4.78 is 5.70. The number of quaternary nitrogens is 1. The molecule has 0 aliphatic carbocycles. The molecule has 1 aromatic heterocycles. The second-order valence-corrected chi connectivity index (χ2v) is 7.07. The van der Waals surface area contributed by atoms with Gasteiger partial charge in [0.2, 0.25) is 5.89 Å². The first-order valence-corrected chi connectivity index (χ1v) is 9.06. The van der Waals surface area contributed by atoms with Crippen molar-refractivity contribution in [3.05, 3.63) is 64.5 Å². The molecule has 1 amide bonds. The minimum atomic E-state index is -0.0534. The Labute approximate surface area is 163 Å². The minimum absolute atomic E-state index is 0.0534. The number of aromatic nitrogens is 2. The zero-order valence-electron chi connectivity index (χ0n) is 15.5. The summed E-state index contributed by atoms with van der Waals surface area (Å²) in [5.41, 5.74) is 3.78.